The Morgan fingerprint density at radius 1 is 0.630 bits per heavy atom. The van der Waals surface area contributed by atoms with Crippen molar-refractivity contribution >= 4 is 72.4 Å². The monoisotopic (exact) mass is 1570 g/mol. The van der Waals surface area contributed by atoms with Crippen LogP contribution in [0, 0.1) is 56.4 Å². The van der Waals surface area contributed by atoms with E-state index in [1.54, 1.807) is 101 Å². The van der Waals surface area contributed by atoms with Crippen molar-refractivity contribution in [2.45, 2.75) is 207 Å². The highest BCUT2D eigenvalue weighted by molar-refractivity contribution is 7.52. The number of nitro groups is 1. The molecule has 4 aromatic heterocycles. The molecule has 2 fully saturated rings. The minimum Gasteiger partial charge on any atom is -0.464 e. The summed E-state index contributed by atoms with van der Waals surface area (Å²) in [5.41, 5.74) is 11.0. The SMILES string of the molecule is CCC(CC)COC(=O)[C@H](C)N[P@](=O)(OC[C@H]1O[C@@](C#N)(c2ccc3c(N)ncnn23)[C@H](O[Si](C)(C)C(C)(C)C)[C@@H]1C)Oc1ccccc1.CCC(CC)COC(=O)[C@H](C)N[P@](=O)(Oc1ccccc1)Oc1ccc([N+](=O)[O-])cc1.C[C@H]1[C@@H](O[Si](C)(C)C(C)(C)C)[C@](C#N)(c2ccc3c(N)ncnn23)O[C@@H]1CO. The molecular formula is C74H107N13O17P2Si2. The number of para-hydroxylation sites is 2. The summed E-state index contributed by atoms with van der Waals surface area (Å²) in [6.45, 7) is 36.4. The third kappa shape index (κ3) is 20.6. The van der Waals surface area contributed by atoms with Gasteiger partial charge in [-0.25, -0.2) is 28.1 Å². The highest BCUT2D eigenvalue weighted by Gasteiger charge is 2.62. The molecule has 30 nitrogen and oxygen atoms in total. The maximum atomic E-state index is 14.4. The van der Waals surface area contributed by atoms with E-state index in [1.165, 1.54) is 43.8 Å². The average Bonchev–Trinajstić information content (AvgIpc) is 1.57. The van der Waals surface area contributed by atoms with Crippen molar-refractivity contribution in [3.05, 3.63) is 143 Å². The lowest BCUT2D eigenvalue weighted by Gasteiger charge is -2.42. The molecule has 12 atom stereocenters. The first kappa shape index (κ1) is 87.0. The highest BCUT2D eigenvalue weighted by atomic mass is 31.2. The fraction of sp³-hybridized carbons (Fsp3) is 0.541. The van der Waals surface area contributed by atoms with E-state index in [0.717, 1.165) is 25.7 Å². The summed E-state index contributed by atoms with van der Waals surface area (Å²) >= 11 is 0. The Morgan fingerprint density at radius 2 is 1.00 bits per heavy atom. The predicted molar refractivity (Wildman–Crippen MR) is 413 cm³/mol. The number of carbonyl (C=O) groups is 2. The van der Waals surface area contributed by atoms with Gasteiger partial charge < -0.3 is 57.9 Å². The van der Waals surface area contributed by atoms with Crippen molar-refractivity contribution < 1.29 is 74.6 Å². The van der Waals surface area contributed by atoms with E-state index in [0.29, 0.717) is 28.2 Å². The lowest BCUT2D eigenvalue weighted by atomic mass is 9.88. The van der Waals surface area contributed by atoms with E-state index in [-0.39, 0.29) is 83.0 Å². The van der Waals surface area contributed by atoms with E-state index in [9.17, 15) is 44.5 Å². The molecule has 2 aliphatic heterocycles. The predicted octanol–water partition coefficient (Wildman–Crippen LogP) is 14.2. The fourth-order valence-electron chi connectivity index (χ4n) is 11.5. The van der Waals surface area contributed by atoms with Gasteiger partial charge in [-0.2, -0.15) is 30.9 Å². The quantitative estimate of drug-likeness (QED) is 0.00885. The number of aliphatic hydroxyl groups excluding tert-OH is 1. The van der Waals surface area contributed by atoms with Crippen LogP contribution in [0.25, 0.3) is 11.0 Å². The molecule has 0 saturated carbocycles. The van der Waals surface area contributed by atoms with Gasteiger partial charge in [0.15, 0.2) is 28.3 Å². The van der Waals surface area contributed by atoms with Crippen molar-refractivity contribution in [1.29, 1.82) is 10.5 Å². The molecule has 0 unspecified atom stereocenters. The fourth-order valence-corrected chi connectivity index (χ4v) is 17.3. The summed E-state index contributed by atoms with van der Waals surface area (Å²) in [5, 5.41) is 55.7. The number of nitrogens with one attached hydrogen (secondary N) is 2. The molecule has 0 bridgehead atoms. The first-order valence-electron chi connectivity index (χ1n) is 36.2. The smallest absolute Gasteiger partial charge is 0.464 e. The van der Waals surface area contributed by atoms with Gasteiger partial charge in [-0.3, -0.25) is 24.2 Å². The summed E-state index contributed by atoms with van der Waals surface area (Å²) in [4.78, 5) is 43.7. The maximum absolute atomic E-state index is 14.4. The third-order valence-corrected chi connectivity index (χ3v) is 32.7. The molecule has 7 aromatic rings. The summed E-state index contributed by atoms with van der Waals surface area (Å²) in [5.74, 6) is -0.105. The van der Waals surface area contributed by atoms with Crippen LogP contribution in [0.15, 0.2) is 122 Å². The Bertz CT molecular complexity index is 4340. The van der Waals surface area contributed by atoms with Crippen LogP contribution in [0.3, 0.4) is 0 Å². The van der Waals surface area contributed by atoms with Crippen LogP contribution >= 0.6 is 15.5 Å². The number of nitro benzene ring substituents is 1. The van der Waals surface area contributed by atoms with Gasteiger partial charge in [0.1, 0.15) is 65.2 Å². The number of non-ortho nitro benzene ring substituents is 1. The van der Waals surface area contributed by atoms with E-state index < -0.39 is 103 Å². The lowest BCUT2D eigenvalue weighted by Crippen LogP contribution is -2.51. The molecule has 0 radical (unpaired) electrons. The number of aromatic nitrogens is 6. The number of nitrogens with zero attached hydrogens (tertiary/aromatic N) is 9. The molecule has 34 heteroatoms. The number of nitriles is 2. The molecule has 0 aliphatic carbocycles. The molecule has 6 heterocycles. The number of carbonyl (C=O) groups excluding carboxylic acids is 2. The zero-order valence-corrected chi connectivity index (χ0v) is 68.8. The van der Waals surface area contributed by atoms with E-state index in [4.69, 9.17) is 57.4 Å². The summed E-state index contributed by atoms with van der Waals surface area (Å²) in [7, 11) is -13.0. The number of hydrogen-bond acceptors (Lipinski definition) is 25. The topological polar surface area (TPSA) is 408 Å². The molecule has 2 aliphatic rings. The van der Waals surface area contributed by atoms with Gasteiger partial charge in [-0.05, 0) is 123 Å². The van der Waals surface area contributed by atoms with Gasteiger partial charge in [0.05, 0.1) is 67.2 Å². The van der Waals surface area contributed by atoms with Gasteiger partial charge in [-0.1, -0.05) is 145 Å². The Balaban J connectivity index is 0.000000238. The van der Waals surface area contributed by atoms with Crippen LogP contribution in [-0.2, 0) is 62.2 Å². The number of aliphatic hydroxyl groups is 1. The van der Waals surface area contributed by atoms with Crippen LogP contribution < -0.4 is 35.2 Å². The Hall–Kier alpha value is -8.21. The third-order valence-electron chi connectivity index (χ3n) is 20.6. The average molecular weight is 1570 g/mol. The number of nitrogen functional groups attached to an aromatic ring is 2. The van der Waals surface area contributed by atoms with Gasteiger partial charge in [0, 0.05) is 24.0 Å². The molecule has 0 spiro atoms. The van der Waals surface area contributed by atoms with Crippen LogP contribution in [0.1, 0.15) is 134 Å². The minimum absolute atomic E-state index is 0.0426. The van der Waals surface area contributed by atoms with Crippen molar-refractivity contribution in [3.63, 3.8) is 0 Å². The molecule has 7 N–H and O–H groups in total. The number of rotatable bonds is 31. The van der Waals surface area contributed by atoms with Crippen molar-refractivity contribution in [3.8, 4) is 29.4 Å². The number of esters is 2. The normalized spacial score (nSPS) is 21.9. The Morgan fingerprint density at radius 3 is 1.37 bits per heavy atom. The van der Waals surface area contributed by atoms with Crippen LogP contribution in [0.4, 0.5) is 17.3 Å². The highest BCUT2D eigenvalue weighted by Crippen LogP contribution is 2.53. The van der Waals surface area contributed by atoms with Crippen molar-refractivity contribution in [2.24, 2.45) is 23.7 Å². The Kier molecular flexibility index (Phi) is 29.4. The largest absolute Gasteiger partial charge is 0.513 e. The van der Waals surface area contributed by atoms with Crippen molar-refractivity contribution in [2.75, 3.05) is 37.9 Å². The first-order valence-corrected chi connectivity index (χ1v) is 45.1. The van der Waals surface area contributed by atoms with Crippen LogP contribution in [0.5, 0.6) is 17.2 Å². The summed E-state index contributed by atoms with van der Waals surface area (Å²) in [6, 6.07) is 31.7. The van der Waals surface area contributed by atoms with Crippen LogP contribution in [0.2, 0.25) is 36.3 Å². The van der Waals surface area contributed by atoms with Gasteiger partial charge in [0.25, 0.3) is 5.69 Å². The second-order valence-corrected chi connectivity index (χ2v) is 42.9. The van der Waals surface area contributed by atoms with E-state index in [1.807, 2.05) is 41.5 Å². The molecular weight excluding hydrogens is 1460 g/mol. The summed E-state index contributed by atoms with van der Waals surface area (Å²) < 4.78 is 91.4. The molecule has 2 saturated heterocycles. The van der Waals surface area contributed by atoms with Gasteiger partial charge in [0.2, 0.25) is 11.2 Å². The Labute approximate surface area is 634 Å². The zero-order valence-electron chi connectivity index (χ0n) is 65.0. The number of ether oxygens (including phenoxy) is 4. The molecule has 9 rings (SSSR count). The minimum atomic E-state index is -4.22. The van der Waals surface area contributed by atoms with Gasteiger partial charge >= 0.3 is 27.4 Å². The maximum Gasteiger partial charge on any atom is 0.513 e. The van der Waals surface area contributed by atoms with E-state index in [2.05, 4.69) is 110 Å². The summed E-state index contributed by atoms with van der Waals surface area (Å²) in [6.07, 6.45) is 3.55. The number of nitrogens with two attached hydrogens (primary N) is 2. The van der Waals surface area contributed by atoms with Gasteiger partial charge in [-0.15, -0.1) is 0 Å². The van der Waals surface area contributed by atoms with Crippen molar-refractivity contribution in [1.82, 2.24) is 39.4 Å². The standard InChI is InChI=1S/C34H51N6O7PSi.C21H27N2O7P.C19H29N5O3Si/c1-10-25(11-2)19-43-32(41)24(4)39-48(42,46-26-15-13-12-14-16-26)44-20-28-23(3)30(47-49(8,9)33(5,6)7)34(21-35,45-28)29-18-17-27-31(36)37-22-38-40(27)29;1-4-17(5-2)15-28-21(24)16(3)22-31(27,29-19-9-7-6-8-10-19)30-20-13-11-18(12-14-20)23(25)26;1-12-14(9-25)26-19(10-20,16(12)27-28(5,6)18(2,3)4)15-8-7-13-17(21)22-11-23-24(13)15/h12-18,22-25,28,30H,10-11,19-20H2,1-9H3,(H,39,42)(H2,36,37,38);6-14,16-17H,4-5,15H2,1-3H3,(H,22,27);7-8,11-12,14,16,25H,9H2,1-6H3,(H2,21,22,23)/t23-,24+,28-,30-,34+,48+;16-,31-;12-,14-,16-,19+/m101/s1. The number of fused-ring (bicyclic) bond motifs is 2. The molecule has 588 valence electrons. The number of anilines is 2. The lowest BCUT2D eigenvalue weighted by molar-refractivity contribution is -0.384. The van der Waals surface area contributed by atoms with Crippen LogP contribution in [-0.4, -0.2) is 131 Å². The molecule has 108 heavy (non-hydrogen) atoms. The molecule has 3 aromatic carbocycles. The second-order valence-electron chi connectivity index (χ2n) is 30.1. The second kappa shape index (κ2) is 36.5. The number of benzene rings is 3. The van der Waals surface area contributed by atoms with E-state index >= 15 is 0 Å². The first-order chi connectivity index (χ1) is 50.7. The number of hydrogen-bond donors (Lipinski definition) is 5. The molecule has 0 amide bonds. The zero-order chi connectivity index (χ0) is 80.0.